The van der Waals surface area contributed by atoms with E-state index in [0.29, 0.717) is 5.69 Å². The number of aryl methyl sites for hydroxylation is 4. The zero-order chi connectivity index (χ0) is 17.6. The van der Waals surface area contributed by atoms with E-state index >= 15 is 0 Å². The summed E-state index contributed by atoms with van der Waals surface area (Å²) in [7, 11) is 1.84. The van der Waals surface area contributed by atoms with E-state index in [2.05, 4.69) is 35.9 Å². The fourth-order valence-corrected chi connectivity index (χ4v) is 4.03. The first-order chi connectivity index (χ1) is 11.3. The molecular formula is C19H23N3OS. The second-order valence-corrected chi connectivity index (χ2v) is 7.85. The van der Waals surface area contributed by atoms with Gasteiger partial charge in [-0.3, -0.25) is 4.79 Å². The van der Waals surface area contributed by atoms with E-state index < -0.39 is 0 Å². The molecule has 1 atom stereocenters. The van der Waals surface area contributed by atoms with E-state index in [1.807, 2.05) is 33.9 Å². The zero-order valence-electron chi connectivity index (χ0n) is 15.0. The minimum atomic E-state index is -0.0602. The van der Waals surface area contributed by atoms with Crippen molar-refractivity contribution in [2.45, 2.75) is 40.7 Å². The van der Waals surface area contributed by atoms with Gasteiger partial charge in [0.05, 0.1) is 16.7 Å². The van der Waals surface area contributed by atoms with Crippen LogP contribution in [0, 0.1) is 27.7 Å². The van der Waals surface area contributed by atoms with Crippen LogP contribution < -0.4 is 0 Å². The summed E-state index contributed by atoms with van der Waals surface area (Å²) in [6.45, 7) is 10.2. The maximum atomic E-state index is 13.0. The SMILES string of the molecule is Cc1ccc2[nH]c(C(=O)N(C)[C@H](C)c3nc(C)sc3C)c(C)c2c1. The van der Waals surface area contributed by atoms with Gasteiger partial charge in [0.1, 0.15) is 5.69 Å². The Hall–Kier alpha value is -2.14. The molecule has 126 valence electrons. The molecule has 0 fully saturated rings. The van der Waals surface area contributed by atoms with Crippen LogP contribution in [0.3, 0.4) is 0 Å². The minimum absolute atomic E-state index is 0.00101. The highest BCUT2D eigenvalue weighted by atomic mass is 32.1. The molecule has 1 amide bonds. The van der Waals surface area contributed by atoms with E-state index in [0.717, 1.165) is 27.2 Å². The molecule has 3 rings (SSSR count). The molecule has 0 unspecified atom stereocenters. The molecule has 1 N–H and O–H groups in total. The number of thiazole rings is 1. The third-order valence-corrected chi connectivity index (χ3v) is 5.57. The first-order valence-electron chi connectivity index (χ1n) is 8.09. The van der Waals surface area contributed by atoms with Crippen molar-refractivity contribution in [3.63, 3.8) is 0 Å². The quantitative estimate of drug-likeness (QED) is 0.751. The molecule has 0 aliphatic rings. The van der Waals surface area contributed by atoms with E-state index in [-0.39, 0.29) is 11.9 Å². The van der Waals surface area contributed by atoms with Crippen LogP contribution >= 0.6 is 11.3 Å². The second-order valence-electron chi connectivity index (χ2n) is 6.44. The summed E-state index contributed by atoms with van der Waals surface area (Å²) in [6, 6.07) is 6.15. The first-order valence-corrected chi connectivity index (χ1v) is 8.91. The van der Waals surface area contributed by atoms with Crippen molar-refractivity contribution in [2.24, 2.45) is 0 Å². The van der Waals surface area contributed by atoms with Crippen molar-refractivity contribution >= 4 is 28.1 Å². The summed E-state index contributed by atoms with van der Waals surface area (Å²) < 4.78 is 0. The van der Waals surface area contributed by atoms with Crippen LogP contribution in [0.15, 0.2) is 18.2 Å². The fraction of sp³-hybridized carbons (Fsp3) is 0.368. The highest BCUT2D eigenvalue weighted by molar-refractivity contribution is 7.11. The van der Waals surface area contributed by atoms with E-state index in [1.54, 1.807) is 16.2 Å². The molecule has 4 nitrogen and oxygen atoms in total. The maximum absolute atomic E-state index is 13.0. The van der Waals surface area contributed by atoms with Crippen molar-refractivity contribution in [2.75, 3.05) is 7.05 Å². The highest BCUT2D eigenvalue weighted by Gasteiger charge is 2.25. The van der Waals surface area contributed by atoms with Crippen LogP contribution in [0.1, 0.15) is 50.2 Å². The molecule has 2 aromatic heterocycles. The van der Waals surface area contributed by atoms with Crippen molar-refractivity contribution in [1.82, 2.24) is 14.9 Å². The Morgan fingerprint density at radius 3 is 2.58 bits per heavy atom. The predicted octanol–water partition coefficient (Wildman–Crippen LogP) is 4.69. The molecular weight excluding hydrogens is 318 g/mol. The second kappa shape index (κ2) is 6.06. The largest absolute Gasteiger partial charge is 0.350 e. The fourth-order valence-electron chi connectivity index (χ4n) is 3.12. The number of fused-ring (bicyclic) bond motifs is 1. The van der Waals surface area contributed by atoms with Gasteiger partial charge in [0.25, 0.3) is 5.91 Å². The molecule has 2 heterocycles. The average molecular weight is 341 g/mol. The van der Waals surface area contributed by atoms with Gasteiger partial charge in [-0.1, -0.05) is 11.6 Å². The number of amides is 1. The number of H-pyrrole nitrogens is 1. The van der Waals surface area contributed by atoms with Crippen LogP contribution in [-0.4, -0.2) is 27.8 Å². The van der Waals surface area contributed by atoms with Crippen molar-refractivity contribution < 1.29 is 4.79 Å². The van der Waals surface area contributed by atoms with Gasteiger partial charge >= 0.3 is 0 Å². The van der Waals surface area contributed by atoms with Crippen molar-refractivity contribution in [3.8, 4) is 0 Å². The molecule has 0 aliphatic carbocycles. The Bertz CT molecular complexity index is 922. The van der Waals surface area contributed by atoms with Gasteiger partial charge in [-0.05, 0) is 52.3 Å². The van der Waals surface area contributed by atoms with Gasteiger partial charge in [0.2, 0.25) is 0 Å². The lowest BCUT2D eigenvalue weighted by atomic mass is 10.1. The summed E-state index contributed by atoms with van der Waals surface area (Å²) in [5, 5.41) is 2.15. The van der Waals surface area contributed by atoms with Gasteiger partial charge in [0, 0.05) is 22.8 Å². The molecule has 0 spiro atoms. The maximum Gasteiger partial charge on any atom is 0.270 e. The number of aromatic nitrogens is 2. The third-order valence-electron chi connectivity index (χ3n) is 4.66. The third kappa shape index (κ3) is 2.73. The molecule has 1 aromatic carbocycles. The Labute approximate surface area is 146 Å². The van der Waals surface area contributed by atoms with Gasteiger partial charge in [-0.25, -0.2) is 4.98 Å². The lowest BCUT2D eigenvalue weighted by Gasteiger charge is -2.24. The van der Waals surface area contributed by atoms with Crippen LogP contribution in [0.25, 0.3) is 10.9 Å². The van der Waals surface area contributed by atoms with E-state index in [4.69, 9.17) is 0 Å². The number of aromatic amines is 1. The summed E-state index contributed by atoms with van der Waals surface area (Å²) in [5.41, 5.74) is 4.85. The average Bonchev–Trinajstić information content (AvgIpc) is 3.05. The van der Waals surface area contributed by atoms with Gasteiger partial charge < -0.3 is 9.88 Å². The van der Waals surface area contributed by atoms with Crippen molar-refractivity contribution in [1.29, 1.82) is 0 Å². The molecule has 0 saturated carbocycles. The number of benzene rings is 1. The number of carbonyl (C=O) groups is 1. The first kappa shape index (κ1) is 16.7. The van der Waals surface area contributed by atoms with Gasteiger partial charge in [-0.15, -0.1) is 11.3 Å². The lowest BCUT2D eigenvalue weighted by molar-refractivity contribution is 0.0734. The molecule has 3 aromatic rings. The molecule has 0 radical (unpaired) electrons. The normalized spacial score (nSPS) is 12.6. The number of hydrogen-bond acceptors (Lipinski definition) is 3. The number of carbonyl (C=O) groups excluding carboxylic acids is 1. The monoisotopic (exact) mass is 341 g/mol. The number of hydrogen-bond donors (Lipinski definition) is 1. The van der Waals surface area contributed by atoms with Crippen molar-refractivity contribution in [3.05, 3.63) is 50.6 Å². The zero-order valence-corrected chi connectivity index (χ0v) is 15.8. The minimum Gasteiger partial charge on any atom is -0.350 e. The Balaban J connectivity index is 1.96. The van der Waals surface area contributed by atoms with E-state index in [9.17, 15) is 4.79 Å². The van der Waals surface area contributed by atoms with E-state index in [1.165, 1.54) is 10.4 Å². The molecule has 5 heteroatoms. The Morgan fingerprint density at radius 2 is 1.96 bits per heavy atom. The Kier molecular flexibility index (Phi) is 4.22. The summed E-state index contributed by atoms with van der Waals surface area (Å²) in [5.74, 6) is -0.00101. The summed E-state index contributed by atoms with van der Waals surface area (Å²) in [4.78, 5) is 23.9. The predicted molar refractivity (Wildman–Crippen MR) is 99.9 cm³/mol. The van der Waals surface area contributed by atoms with Crippen LogP contribution in [0.5, 0.6) is 0 Å². The van der Waals surface area contributed by atoms with Crippen LogP contribution in [-0.2, 0) is 0 Å². The lowest BCUT2D eigenvalue weighted by Crippen LogP contribution is -2.30. The topological polar surface area (TPSA) is 49.0 Å². The number of nitrogens with zero attached hydrogens (tertiary/aromatic N) is 2. The molecule has 0 bridgehead atoms. The van der Waals surface area contributed by atoms with Gasteiger partial charge in [-0.2, -0.15) is 0 Å². The highest BCUT2D eigenvalue weighted by Crippen LogP contribution is 2.29. The smallest absolute Gasteiger partial charge is 0.270 e. The van der Waals surface area contributed by atoms with Gasteiger partial charge in [0.15, 0.2) is 0 Å². The summed E-state index contributed by atoms with van der Waals surface area (Å²) in [6.07, 6.45) is 0. The number of nitrogens with one attached hydrogen (secondary N) is 1. The molecule has 24 heavy (non-hydrogen) atoms. The Morgan fingerprint density at radius 1 is 1.25 bits per heavy atom. The molecule has 0 aliphatic heterocycles. The number of rotatable bonds is 3. The standard InChI is InChI=1S/C19H23N3OS/c1-10-7-8-16-15(9-10)11(2)17(21-16)19(23)22(6)12(3)18-13(4)24-14(5)20-18/h7-9,12,21H,1-6H3/t12-/m1/s1. The van der Waals surface area contributed by atoms with Crippen LogP contribution in [0.2, 0.25) is 0 Å². The summed E-state index contributed by atoms with van der Waals surface area (Å²) >= 11 is 1.67. The molecule has 0 saturated heterocycles. The van der Waals surface area contributed by atoms with Crippen LogP contribution in [0.4, 0.5) is 0 Å².